The van der Waals surface area contributed by atoms with E-state index in [1.54, 1.807) is 4.90 Å². The molecule has 1 aromatic rings. The summed E-state index contributed by atoms with van der Waals surface area (Å²) in [7, 11) is 0. The van der Waals surface area contributed by atoms with Gasteiger partial charge >= 0.3 is 5.97 Å². The monoisotopic (exact) mass is 291 g/mol. The fourth-order valence-electron chi connectivity index (χ4n) is 2.35. The lowest BCUT2D eigenvalue weighted by atomic mass is 10.0. The van der Waals surface area contributed by atoms with Crippen molar-refractivity contribution < 1.29 is 14.7 Å². The Morgan fingerprint density at radius 2 is 1.86 bits per heavy atom. The van der Waals surface area contributed by atoms with Gasteiger partial charge in [0.05, 0.1) is 0 Å². The van der Waals surface area contributed by atoms with Crippen molar-refractivity contribution in [1.29, 1.82) is 0 Å². The molecule has 0 bridgehead atoms. The van der Waals surface area contributed by atoms with Crippen LogP contribution in [0, 0.1) is 6.92 Å². The van der Waals surface area contributed by atoms with E-state index in [1.165, 1.54) is 11.1 Å². The molecule has 0 aliphatic carbocycles. The van der Waals surface area contributed by atoms with E-state index in [0.717, 1.165) is 6.42 Å². The zero-order chi connectivity index (χ0) is 15.8. The first-order chi connectivity index (χ1) is 9.91. The average molecular weight is 291 g/mol. The third-order valence-corrected chi connectivity index (χ3v) is 3.60. The highest BCUT2D eigenvalue weighted by atomic mass is 16.4. The fourth-order valence-corrected chi connectivity index (χ4v) is 2.35. The number of carboxylic acids is 1. The Morgan fingerprint density at radius 3 is 2.43 bits per heavy atom. The summed E-state index contributed by atoms with van der Waals surface area (Å²) in [4.78, 5) is 24.7. The van der Waals surface area contributed by atoms with Crippen molar-refractivity contribution in [3.63, 3.8) is 0 Å². The summed E-state index contributed by atoms with van der Waals surface area (Å²) in [6.45, 7) is 6.49. The van der Waals surface area contributed by atoms with Crippen molar-refractivity contribution in [2.75, 3.05) is 6.54 Å². The zero-order valence-corrected chi connectivity index (χ0v) is 13.1. The van der Waals surface area contributed by atoms with Gasteiger partial charge in [-0.1, -0.05) is 24.3 Å². The third kappa shape index (κ3) is 5.98. The Kier molecular flexibility index (Phi) is 6.92. The lowest BCUT2D eigenvalue weighted by Crippen LogP contribution is -2.38. The quantitative estimate of drug-likeness (QED) is 0.801. The van der Waals surface area contributed by atoms with Crippen LogP contribution in [-0.4, -0.2) is 34.5 Å². The Balaban J connectivity index is 2.53. The second-order valence-corrected chi connectivity index (χ2v) is 5.60. The van der Waals surface area contributed by atoms with Gasteiger partial charge in [0.1, 0.15) is 0 Å². The molecule has 4 nitrogen and oxygen atoms in total. The van der Waals surface area contributed by atoms with E-state index >= 15 is 0 Å². The van der Waals surface area contributed by atoms with Gasteiger partial charge in [-0.2, -0.15) is 0 Å². The van der Waals surface area contributed by atoms with Gasteiger partial charge in [0.25, 0.3) is 0 Å². The molecule has 0 spiro atoms. The Morgan fingerprint density at radius 1 is 1.19 bits per heavy atom. The van der Waals surface area contributed by atoms with Crippen LogP contribution in [0.2, 0.25) is 0 Å². The van der Waals surface area contributed by atoms with E-state index in [0.29, 0.717) is 19.4 Å². The number of amides is 1. The molecule has 1 amide bonds. The van der Waals surface area contributed by atoms with Gasteiger partial charge in [-0.3, -0.25) is 9.59 Å². The summed E-state index contributed by atoms with van der Waals surface area (Å²) < 4.78 is 0. The van der Waals surface area contributed by atoms with Crippen molar-refractivity contribution >= 4 is 11.9 Å². The van der Waals surface area contributed by atoms with Crippen molar-refractivity contribution in [3.05, 3.63) is 35.4 Å². The maximum absolute atomic E-state index is 12.3. The molecule has 0 aromatic heterocycles. The fraction of sp³-hybridized carbons (Fsp3) is 0.529. The predicted octanol–water partition coefficient (Wildman–Crippen LogP) is 3.03. The van der Waals surface area contributed by atoms with Crippen LogP contribution in [0.3, 0.4) is 0 Å². The molecule has 0 atom stereocenters. The minimum Gasteiger partial charge on any atom is -0.481 e. The number of benzene rings is 1. The van der Waals surface area contributed by atoms with Gasteiger partial charge in [0.15, 0.2) is 0 Å². The normalized spacial score (nSPS) is 10.7. The van der Waals surface area contributed by atoms with Crippen LogP contribution in [-0.2, 0) is 16.0 Å². The Bertz CT molecular complexity index is 483. The van der Waals surface area contributed by atoms with E-state index in [4.69, 9.17) is 5.11 Å². The number of aliphatic carboxylic acids is 1. The van der Waals surface area contributed by atoms with E-state index in [-0.39, 0.29) is 18.4 Å². The Hall–Kier alpha value is -1.84. The number of nitrogens with zero attached hydrogens (tertiary/aromatic N) is 1. The molecule has 0 fully saturated rings. The second-order valence-electron chi connectivity index (χ2n) is 5.60. The first-order valence-electron chi connectivity index (χ1n) is 7.47. The second kappa shape index (κ2) is 8.45. The number of carboxylic acid groups (broad SMARTS) is 1. The van der Waals surface area contributed by atoms with Crippen molar-refractivity contribution in [2.24, 2.45) is 0 Å². The van der Waals surface area contributed by atoms with Crippen molar-refractivity contribution in [3.8, 4) is 0 Å². The molecule has 0 heterocycles. The highest BCUT2D eigenvalue weighted by Gasteiger charge is 2.17. The predicted molar refractivity (Wildman–Crippen MR) is 83.2 cm³/mol. The molecular weight excluding hydrogens is 266 g/mol. The number of aryl methyl sites for hydroxylation is 2. The Labute approximate surface area is 126 Å². The molecule has 116 valence electrons. The van der Waals surface area contributed by atoms with Crippen molar-refractivity contribution in [1.82, 2.24) is 4.90 Å². The first-order valence-corrected chi connectivity index (χ1v) is 7.47. The summed E-state index contributed by atoms with van der Waals surface area (Å²) in [6, 6.07) is 8.18. The van der Waals surface area contributed by atoms with Gasteiger partial charge in [0.2, 0.25) is 5.91 Å². The van der Waals surface area contributed by atoms with Gasteiger partial charge in [0, 0.05) is 25.4 Å². The molecule has 21 heavy (non-hydrogen) atoms. The van der Waals surface area contributed by atoms with Crippen LogP contribution < -0.4 is 0 Å². The summed E-state index contributed by atoms with van der Waals surface area (Å²) in [5.74, 6) is -0.718. The van der Waals surface area contributed by atoms with Crippen molar-refractivity contribution in [2.45, 2.75) is 52.5 Å². The number of rotatable bonds is 8. The summed E-state index contributed by atoms with van der Waals surface area (Å²) >= 11 is 0. The van der Waals surface area contributed by atoms with Crippen LogP contribution in [0.1, 0.15) is 44.2 Å². The highest BCUT2D eigenvalue weighted by molar-refractivity contribution is 5.77. The topological polar surface area (TPSA) is 57.6 Å². The first kappa shape index (κ1) is 17.2. The molecule has 0 unspecified atom stereocenters. The van der Waals surface area contributed by atoms with Gasteiger partial charge in [-0.25, -0.2) is 0 Å². The minimum atomic E-state index is -0.814. The largest absolute Gasteiger partial charge is 0.481 e. The van der Waals surface area contributed by atoms with Crippen LogP contribution in [0.4, 0.5) is 0 Å². The molecular formula is C17H25NO3. The van der Waals surface area contributed by atoms with Crippen LogP contribution >= 0.6 is 0 Å². The van der Waals surface area contributed by atoms with Gasteiger partial charge < -0.3 is 10.0 Å². The maximum Gasteiger partial charge on any atom is 0.303 e. The smallest absolute Gasteiger partial charge is 0.303 e. The number of carbonyl (C=O) groups excluding carboxylic acids is 1. The maximum atomic E-state index is 12.3. The average Bonchev–Trinajstić information content (AvgIpc) is 2.41. The standard InChI is InChI=1S/C17H25NO3/c1-13(2)18(12-6-9-17(20)21)16(19)11-10-15-8-5-4-7-14(15)3/h4-5,7-8,13H,6,9-12H2,1-3H3,(H,20,21). The van der Waals surface area contributed by atoms with E-state index in [2.05, 4.69) is 0 Å². The molecule has 0 saturated heterocycles. The molecule has 4 heteroatoms. The molecule has 0 radical (unpaired) electrons. The van der Waals surface area contributed by atoms with Crippen LogP contribution in [0.25, 0.3) is 0 Å². The van der Waals surface area contributed by atoms with E-state index in [9.17, 15) is 9.59 Å². The summed E-state index contributed by atoms with van der Waals surface area (Å²) in [6.07, 6.45) is 1.81. The third-order valence-electron chi connectivity index (χ3n) is 3.60. The highest BCUT2D eigenvalue weighted by Crippen LogP contribution is 2.12. The van der Waals surface area contributed by atoms with Gasteiger partial charge in [-0.15, -0.1) is 0 Å². The SMILES string of the molecule is Cc1ccccc1CCC(=O)N(CCCC(=O)O)C(C)C. The summed E-state index contributed by atoms with van der Waals surface area (Å²) in [5, 5.41) is 8.68. The lowest BCUT2D eigenvalue weighted by Gasteiger charge is -2.26. The lowest BCUT2D eigenvalue weighted by molar-refractivity contribution is -0.138. The number of hydrogen-bond donors (Lipinski definition) is 1. The van der Waals surface area contributed by atoms with Crippen LogP contribution in [0.15, 0.2) is 24.3 Å². The van der Waals surface area contributed by atoms with Gasteiger partial charge in [-0.05, 0) is 44.7 Å². The van der Waals surface area contributed by atoms with E-state index < -0.39 is 5.97 Å². The number of hydrogen-bond acceptors (Lipinski definition) is 2. The molecule has 1 rings (SSSR count). The molecule has 1 aromatic carbocycles. The van der Waals surface area contributed by atoms with E-state index in [1.807, 2.05) is 45.0 Å². The molecule has 1 N–H and O–H groups in total. The minimum absolute atomic E-state index is 0.0960. The van der Waals surface area contributed by atoms with Crippen LogP contribution in [0.5, 0.6) is 0 Å². The molecule has 0 aliphatic rings. The molecule has 0 saturated carbocycles. The number of carbonyl (C=O) groups is 2. The zero-order valence-electron chi connectivity index (χ0n) is 13.1. The molecule has 0 aliphatic heterocycles. The summed E-state index contributed by atoms with van der Waals surface area (Å²) in [5.41, 5.74) is 2.40.